The largest absolute Gasteiger partial charge is 0.445 e. The average molecular weight is 705 g/mol. The van der Waals surface area contributed by atoms with Crippen molar-refractivity contribution in [3.63, 3.8) is 0 Å². The smallest absolute Gasteiger partial charge is 0.434 e. The minimum absolute atomic E-state index is 0.0675. The van der Waals surface area contributed by atoms with E-state index in [1.54, 1.807) is 22.2 Å². The molecule has 0 bridgehead atoms. The number of aromatic nitrogens is 6. The van der Waals surface area contributed by atoms with Gasteiger partial charge in [-0.2, -0.15) is 18.3 Å². The van der Waals surface area contributed by atoms with Crippen LogP contribution in [0.1, 0.15) is 53.9 Å². The van der Waals surface area contributed by atoms with Crippen LogP contribution in [0.2, 0.25) is 0 Å². The number of alkyl carbamates (subject to hydrolysis) is 1. The first-order valence-electron chi connectivity index (χ1n) is 16.7. The molecule has 3 fully saturated rings. The number of thiazole rings is 1. The lowest BCUT2D eigenvalue weighted by Crippen LogP contribution is -2.35. The van der Waals surface area contributed by atoms with Crippen LogP contribution in [0.25, 0.3) is 22.4 Å². The van der Waals surface area contributed by atoms with Gasteiger partial charge in [0.25, 0.3) is 0 Å². The number of fused-ring (bicyclic) bond motifs is 2. The van der Waals surface area contributed by atoms with Crippen LogP contribution >= 0.6 is 11.3 Å². The molecule has 50 heavy (non-hydrogen) atoms. The predicted molar refractivity (Wildman–Crippen MR) is 179 cm³/mol. The van der Waals surface area contributed by atoms with Crippen LogP contribution in [0.3, 0.4) is 0 Å². The number of rotatable bonds is 8. The molecule has 1 aromatic carbocycles. The van der Waals surface area contributed by atoms with E-state index in [0.717, 1.165) is 41.7 Å². The van der Waals surface area contributed by atoms with E-state index >= 15 is 0 Å². The fraction of sp³-hybridized carbons (Fsp3) is 0.429. The molecule has 1 saturated carbocycles. The molecule has 2 aliphatic heterocycles. The number of hydrogen-bond acceptors (Lipinski definition) is 10. The van der Waals surface area contributed by atoms with Crippen molar-refractivity contribution in [3.8, 4) is 11.3 Å². The molecule has 3 aliphatic rings. The van der Waals surface area contributed by atoms with E-state index in [1.807, 2.05) is 42.6 Å². The molecular weight excluding hydrogens is 669 g/mol. The maximum absolute atomic E-state index is 14.0. The van der Waals surface area contributed by atoms with Gasteiger partial charge in [0.1, 0.15) is 28.6 Å². The maximum Gasteiger partial charge on any atom is 0.434 e. The Hall–Kier alpha value is -4.63. The molecule has 1 N–H and O–H groups in total. The summed E-state index contributed by atoms with van der Waals surface area (Å²) in [5.74, 6) is 1.09. The number of aryl methyl sites for hydroxylation is 1. The van der Waals surface area contributed by atoms with Crippen LogP contribution in [-0.4, -0.2) is 62.1 Å². The predicted octanol–water partition coefficient (Wildman–Crippen LogP) is 6.69. The van der Waals surface area contributed by atoms with Gasteiger partial charge in [0.2, 0.25) is 0 Å². The highest BCUT2D eigenvalue weighted by atomic mass is 32.1. The highest BCUT2D eigenvalue weighted by Gasteiger charge is 2.68. The van der Waals surface area contributed by atoms with E-state index in [0.29, 0.717) is 50.0 Å². The molecule has 0 radical (unpaired) electrons. The number of ether oxygens (including phenoxy) is 2. The van der Waals surface area contributed by atoms with Gasteiger partial charge < -0.3 is 19.7 Å². The Morgan fingerprint density at radius 1 is 1.10 bits per heavy atom. The van der Waals surface area contributed by atoms with Crippen LogP contribution < -0.4 is 10.2 Å². The topological polar surface area (TPSA) is 120 Å². The Morgan fingerprint density at radius 3 is 2.72 bits per heavy atom. The van der Waals surface area contributed by atoms with Gasteiger partial charge in [-0.1, -0.05) is 30.3 Å². The first-order chi connectivity index (χ1) is 24.2. The van der Waals surface area contributed by atoms with Gasteiger partial charge in [0.15, 0.2) is 17.6 Å². The summed E-state index contributed by atoms with van der Waals surface area (Å²) >= 11 is 1.61. The summed E-state index contributed by atoms with van der Waals surface area (Å²) in [5.41, 5.74) is 1.00. The van der Waals surface area contributed by atoms with Gasteiger partial charge >= 0.3 is 12.3 Å². The lowest BCUT2D eigenvalue weighted by Gasteiger charge is -2.27. The summed E-state index contributed by atoms with van der Waals surface area (Å²) in [6.45, 7) is 4.40. The van der Waals surface area contributed by atoms with Crippen LogP contribution in [0.4, 0.5) is 23.8 Å². The number of nitrogens with zero attached hydrogens (tertiary/aromatic N) is 7. The van der Waals surface area contributed by atoms with Gasteiger partial charge in [0, 0.05) is 54.5 Å². The lowest BCUT2D eigenvalue weighted by atomic mass is 10.0. The Labute approximate surface area is 289 Å². The van der Waals surface area contributed by atoms with Gasteiger partial charge in [-0.15, -0.1) is 11.3 Å². The first kappa shape index (κ1) is 32.6. The molecule has 11 nitrogen and oxygen atoms in total. The van der Waals surface area contributed by atoms with Crippen molar-refractivity contribution in [2.24, 2.45) is 11.8 Å². The molecule has 1 aliphatic carbocycles. The molecule has 0 spiro atoms. The van der Waals surface area contributed by atoms with E-state index in [2.05, 4.69) is 20.3 Å². The number of halogens is 3. The van der Waals surface area contributed by atoms with Crippen molar-refractivity contribution in [3.05, 3.63) is 82.2 Å². The minimum Gasteiger partial charge on any atom is -0.445 e. The molecule has 5 aromatic rings. The third kappa shape index (κ3) is 5.95. The number of pyridine rings is 1. The Kier molecular flexibility index (Phi) is 8.42. The molecular formula is C35H35F3N8O3S. The van der Waals surface area contributed by atoms with Gasteiger partial charge in [-0.25, -0.2) is 24.4 Å². The highest BCUT2D eigenvalue weighted by Crippen LogP contribution is 2.64. The maximum atomic E-state index is 14.0. The molecule has 6 heterocycles. The number of anilines is 1. The summed E-state index contributed by atoms with van der Waals surface area (Å²) in [6, 6.07) is 12.4. The van der Waals surface area contributed by atoms with E-state index in [9.17, 15) is 18.0 Å². The van der Waals surface area contributed by atoms with Crippen molar-refractivity contribution >= 4 is 34.4 Å². The van der Waals surface area contributed by atoms with E-state index < -0.39 is 24.2 Å². The number of carbonyl (C=O) groups is 1. The van der Waals surface area contributed by atoms with Crippen molar-refractivity contribution in [2.45, 2.75) is 57.0 Å². The number of nitrogens with one attached hydrogen (secondary N) is 1. The normalized spacial score (nSPS) is 23.4. The second-order valence-corrected chi connectivity index (χ2v) is 14.0. The van der Waals surface area contributed by atoms with E-state index in [1.165, 1.54) is 12.1 Å². The van der Waals surface area contributed by atoms with Crippen molar-refractivity contribution in [2.75, 3.05) is 31.1 Å². The Balaban J connectivity index is 1.08. The summed E-state index contributed by atoms with van der Waals surface area (Å²) < 4.78 is 55.3. The number of hydrogen-bond donors (Lipinski definition) is 1. The van der Waals surface area contributed by atoms with Gasteiger partial charge in [-0.3, -0.25) is 4.98 Å². The fourth-order valence-electron chi connectivity index (χ4n) is 7.57. The monoisotopic (exact) mass is 704 g/mol. The minimum atomic E-state index is -4.67. The molecule has 1 amide bonds. The first-order valence-corrected chi connectivity index (χ1v) is 17.6. The SMILES string of the molecule is Cc1csc(C2(CNC(=O)OCc3ccccc3)C3CCN(c4cnc5c(-c6cccnc6C(F)(F)F)nn(C6CCCCO6)c5n4)CC32)n1. The molecule has 4 atom stereocenters. The van der Waals surface area contributed by atoms with E-state index in [4.69, 9.17) is 24.4 Å². The van der Waals surface area contributed by atoms with Crippen molar-refractivity contribution in [1.29, 1.82) is 0 Å². The van der Waals surface area contributed by atoms with E-state index in [-0.39, 0.29) is 34.7 Å². The average Bonchev–Trinajstić information content (AvgIpc) is 3.36. The highest BCUT2D eigenvalue weighted by molar-refractivity contribution is 7.09. The third-order valence-corrected chi connectivity index (χ3v) is 11.2. The quantitative estimate of drug-likeness (QED) is 0.188. The number of carbonyl (C=O) groups excluding carboxylic acids is 1. The molecule has 8 rings (SSSR count). The summed E-state index contributed by atoms with van der Waals surface area (Å²) in [4.78, 5) is 33.2. The van der Waals surface area contributed by atoms with Gasteiger partial charge in [-0.05, 0) is 62.1 Å². The zero-order chi connectivity index (χ0) is 34.5. The molecule has 260 valence electrons. The zero-order valence-electron chi connectivity index (χ0n) is 27.3. The lowest BCUT2D eigenvalue weighted by molar-refractivity contribution is -0.140. The van der Waals surface area contributed by atoms with Crippen LogP contribution in [0.15, 0.2) is 60.2 Å². The zero-order valence-corrected chi connectivity index (χ0v) is 28.1. The van der Waals surface area contributed by atoms with Crippen molar-refractivity contribution in [1.82, 2.24) is 35.0 Å². The molecule has 4 aromatic heterocycles. The number of piperidine rings is 1. The number of amides is 1. The molecule has 15 heteroatoms. The van der Waals surface area contributed by atoms with Crippen molar-refractivity contribution < 1.29 is 27.4 Å². The third-order valence-electron chi connectivity index (χ3n) is 10.1. The fourth-order valence-corrected chi connectivity index (χ4v) is 8.70. The molecule has 2 saturated heterocycles. The summed E-state index contributed by atoms with van der Waals surface area (Å²) in [6.07, 6.45) is 0.403. The Bertz CT molecular complexity index is 2020. The van der Waals surface area contributed by atoms with Crippen LogP contribution in [-0.2, 0) is 27.7 Å². The summed E-state index contributed by atoms with van der Waals surface area (Å²) in [5, 5.41) is 10.7. The number of benzene rings is 1. The standard InChI is InChI=1S/C35H35F3N8O3S/c1-21-19-50-32(42-21)34(20-41-33(47)49-18-22-8-3-2-4-9-22)24-12-14-45(17-25(24)34)26-16-40-29-28(23-10-7-13-39-30(23)35(36,37)38)44-46(31(29)43-26)27-11-5-6-15-48-27/h2-4,7-10,13,16,19,24-25,27H,5-6,11-12,14-15,17-18,20H2,1H3,(H,41,47). The Morgan fingerprint density at radius 2 is 1.96 bits per heavy atom. The second-order valence-electron chi connectivity index (χ2n) is 13.1. The second kappa shape index (κ2) is 12.9. The number of alkyl halides is 3. The molecule has 4 unspecified atom stereocenters. The van der Waals surface area contributed by atoms with Crippen LogP contribution in [0.5, 0.6) is 0 Å². The van der Waals surface area contributed by atoms with Crippen LogP contribution in [0, 0.1) is 18.8 Å². The summed E-state index contributed by atoms with van der Waals surface area (Å²) in [7, 11) is 0. The van der Waals surface area contributed by atoms with Gasteiger partial charge in [0.05, 0.1) is 6.20 Å².